The maximum atomic E-state index is 8.99. The summed E-state index contributed by atoms with van der Waals surface area (Å²) in [6.45, 7) is 1.51. The quantitative estimate of drug-likeness (QED) is 0.314. The van der Waals surface area contributed by atoms with E-state index >= 15 is 0 Å². The molecule has 5 heteroatoms. The Hall–Kier alpha value is -0.810. The molecule has 0 heterocycles. The lowest BCUT2D eigenvalue weighted by Gasteiger charge is -2.29. The fraction of sp³-hybridized carbons (Fsp3) is 0.857. The predicted octanol–water partition coefficient (Wildman–Crippen LogP) is -1.35. The van der Waals surface area contributed by atoms with Gasteiger partial charge in [0.25, 0.3) is 0 Å². The molecule has 0 aromatic carbocycles. The topological polar surface area (TPSA) is 90.9 Å². The van der Waals surface area contributed by atoms with Gasteiger partial charge >= 0.3 is 0 Å². The van der Waals surface area contributed by atoms with Gasteiger partial charge in [0.1, 0.15) is 0 Å². The number of rotatable bonds is 4. The van der Waals surface area contributed by atoms with E-state index in [-0.39, 0.29) is 19.2 Å². The molecule has 0 amide bonds. The van der Waals surface area contributed by atoms with E-state index < -0.39 is 5.54 Å². The van der Waals surface area contributed by atoms with E-state index in [1.807, 2.05) is 6.92 Å². The summed E-state index contributed by atoms with van der Waals surface area (Å²) >= 11 is 0. The number of guanidine groups is 1. The highest BCUT2D eigenvalue weighted by Crippen LogP contribution is 2.07. The van der Waals surface area contributed by atoms with Crippen molar-refractivity contribution in [1.82, 2.24) is 5.32 Å². The number of hydrogen-bond acceptors (Lipinski definition) is 3. The zero-order valence-corrected chi connectivity index (χ0v) is 7.54. The van der Waals surface area contributed by atoms with Crippen molar-refractivity contribution in [2.45, 2.75) is 18.9 Å². The summed E-state index contributed by atoms with van der Waals surface area (Å²) in [5, 5.41) is 20.7. The number of aliphatic hydroxyl groups excluding tert-OH is 2. The summed E-state index contributed by atoms with van der Waals surface area (Å²) in [5.74, 6) is 0.222. The Balaban J connectivity index is 4.30. The Kier molecular flexibility index (Phi) is 4.61. The molecule has 0 aliphatic carbocycles. The maximum Gasteiger partial charge on any atom is 0.188 e. The SMILES string of the molecule is CCC(CO)(CO)NC(N)=NC. The maximum absolute atomic E-state index is 8.99. The fourth-order valence-electron chi connectivity index (χ4n) is 0.769. The van der Waals surface area contributed by atoms with Crippen molar-refractivity contribution in [2.75, 3.05) is 20.3 Å². The molecule has 0 unspecified atom stereocenters. The van der Waals surface area contributed by atoms with Gasteiger partial charge in [0, 0.05) is 7.05 Å². The first-order valence-electron chi connectivity index (χ1n) is 3.86. The van der Waals surface area contributed by atoms with Crippen LogP contribution in [-0.2, 0) is 0 Å². The molecule has 0 aliphatic heterocycles. The first kappa shape index (κ1) is 11.2. The molecular weight excluding hydrogens is 158 g/mol. The summed E-state index contributed by atoms with van der Waals surface area (Å²) in [6, 6.07) is 0. The van der Waals surface area contributed by atoms with Gasteiger partial charge in [-0.2, -0.15) is 0 Å². The van der Waals surface area contributed by atoms with Gasteiger partial charge in [0.05, 0.1) is 18.8 Å². The molecule has 0 atom stereocenters. The second-order valence-electron chi connectivity index (χ2n) is 2.68. The number of aliphatic imine (C=N–C) groups is 1. The van der Waals surface area contributed by atoms with E-state index in [0.29, 0.717) is 6.42 Å². The van der Waals surface area contributed by atoms with Crippen LogP contribution in [0.4, 0.5) is 0 Å². The van der Waals surface area contributed by atoms with Gasteiger partial charge < -0.3 is 21.3 Å². The molecule has 72 valence electrons. The number of nitrogens with one attached hydrogen (secondary N) is 1. The molecule has 12 heavy (non-hydrogen) atoms. The molecule has 5 nitrogen and oxygen atoms in total. The van der Waals surface area contributed by atoms with E-state index in [1.54, 1.807) is 0 Å². The molecule has 0 radical (unpaired) electrons. The van der Waals surface area contributed by atoms with Crippen molar-refractivity contribution in [3.8, 4) is 0 Å². The van der Waals surface area contributed by atoms with Crippen molar-refractivity contribution in [1.29, 1.82) is 0 Å². The Morgan fingerprint density at radius 1 is 1.50 bits per heavy atom. The summed E-state index contributed by atoms with van der Waals surface area (Å²) in [4.78, 5) is 3.68. The van der Waals surface area contributed by atoms with Crippen LogP contribution in [0.2, 0.25) is 0 Å². The second kappa shape index (κ2) is 4.95. The van der Waals surface area contributed by atoms with Gasteiger partial charge in [-0.25, -0.2) is 0 Å². The zero-order valence-electron chi connectivity index (χ0n) is 7.54. The molecule has 0 aromatic rings. The highest BCUT2D eigenvalue weighted by molar-refractivity contribution is 5.78. The number of nitrogens with zero attached hydrogens (tertiary/aromatic N) is 1. The highest BCUT2D eigenvalue weighted by atomic mass is 16.3. The lowest BCUT2D eigenvalue weighted by Crippen LogP contribution is -2.56. The third kappa shape index (κ3) is 2.67. The molecular formula is C7H17N3O2. The average molecular weight is 175 g/mol. The average Bonchev–Trinajstić information content (AvgIpc) is 2.14. The van der Waals surface area contributed by atoms with E-state index in [1.165, 1.54) is 7.05 Å². The number of hydrogen-bond donors (Lipinski definition) is 4. The lowest BCUT2D eigenvalue weighted by molar-refractivity contribution is 0.103. The highest BCUT2D eigenvalue weighted by Gasteiger charge is 2.26. The molecule has 5 N–H and O–H groups in total. The van der Waals surface area contributed by atoms with Crippen LogP contribution in [0.15, 0.2) is 4.99 Å². The molecule has 0 aromatic heterocycles. The summed E-state index contributed by atoms with van der Waals surface area (Å²) < 4.78 is 0. The van der Waals surface area contributed by atoms with Crippen LogP contribution in [0.5, 0.6) is 0 Å². The summed E-state index contributed by atoms with van der Waals surface area (Å²) in [6.07, 6.45) is 0.580. The van der Waals surface area contributed by atoms with Crippen molar-refractivity contribution in [3.63, 3.8) is 0 Å². The molecule has 0 bridgehead atoms. The largest absolute Gasteiger partial charge is 0.394 e. The monoisotopic (exact) mass is 175 g/mol. The Bertz CT molecular complexity index is 146. The lowest BCUT2D eigenvalue weighted by atomic mass is 9.99. The van der Waals surface area contributed by atoms with Crippen LogP contribution in [0.25, 0.3) is 0 Å². The van der Waals surface area contributed by atoms with Gasteiger partial charge in [-0.15, -0.1) is 0 Å². The third-order valence-electron chi connectivity index (χ3n) is 1.92. The van der Waals surface area contributed by atoms with Crippen LogP contribution in [0, 0.1) is 0 Å². The predicted molar refractivity (Wildman–Crippen MR) is 47.9 cm³/mol. The standard InChI is InChI=1S/C7H17N3O2/c1-3-7(4-11,5-12)10-6(8)9-2/h11-12H,3-5H2,1-2H3,(H3,8,9,10). The molecule has 0 rings (SSSR count). The van der Waals surface area contributed by atoms with Gasteiger partial charge in [-0.1, -0.05) is 6.92 Å². The second-order valence-corrected chi connectivity index (χ2v) is 2.68. The molecule has 0 aliphatic rings. The van der Waals surface area contributed by atoms with Crippen molar-refractivity contribution < 1.29 is 10.2 Å². The van der Waals surface area contributed by atoms with Crippen LogP contribution < -0.4 is 11.1 Å². The summed E-state index contributed by atoms with van der Waals surface area (Å²) in [7, 11) is 1.54. The number of aliphatic hydroxyl groups is 2. The molecule has 0 saturated heterocycles. The Morgan fingerprint density at radius 2 is 2.00 bits per heavy atom. The molecule has 0 spiro atoms. The van der Waals surface area contributed by atoms with Gasteiger partial charge in [0.2, 0.25) is 0 Å². The minimum absolute atomic E-state index is 0.170. The number of nitrogens with two attached hydrogens (primary N) is 1. The molecule has 0 saturated carbocycles. The molecule has 0 fully saturated rings. The zero-order chi connectivity index (χ0) is 9.61. The first-order chi connectivity index (χ1) is 5.64. The smallest absolute Gasteiger partial charge is 0.188 e. The summed E-state index contributed by atoms with van der Waals surface area (Å²) in [5.41, 5.74) is 4.66. The van der Waals surface area contributed by atoms with Crippen LogP contribution in [0.1, 0.15) is 13.3 Å². The van der Waals surface area contributed by atoms with Gasteiger partial charge in [-0.05, 0) is 6.42 Å². The first-order valence-corrected chi connectivity index (χ1v) is 3.86. The van der Waals surface area contributed by atoms with E-state index in [2.05, 4.69) is 10.3 Å². The van der Waals surface area contributed by atoms with E-state index in [0.717, 1.165) is 0 Å². The normalized spacial score (nSPS) is 13.2. The van der Waals surface area contributed by atoms with Crippen LogP contribution in [0.3, 0.4) is 0 Å². The van der Waals surface area contributed by atoms with E-state index in [4.69, 9.17) is 15.9 Å². The van der Waals surface area contributed by atoms with Gasteiger partial charge in [-0.3, -0.25) is 4.99 Å². The fourth-order valence-corrected chi connectivity index (χ4v) is 0.769. The van der Waals surface area contributed by atoms with Crippen LogP contribution in [-0.4, -0.2) is 42.0 Å². The van der Waals surface area contributed by atoms with Crippen LogP contribution >= 0.6 is 0 Å². The van der Waals surface area contributed by atoms with Gasteiger partial charge in [0.15, 0.2) is 5.96 Å². The Morgan fingerprint density at radius 3 is 2.25 bits per heavy atom. The Labute approximate surface area is 72.3 Å². The van der Waals surface area contributed by atoms with Crippen molar-refractivity contribution in [3.05, 3.63) is 0 Å². The minimum atomic E-state index is -0.746. The van der Waals surface area contributed by atoms with Crippen molar-refractivity contribution in [2.24, 2.45) is 10.7 Å². The van der Waals surface area contributed by atoms with E-state index in [9.17, 15) is 0 Å². The minimum Gasteiger partial charge on any atom is -0.394 e. The third-order valence-corrected chi connectivity index (χ3v) is 1.92. The van der Waals surface area contributed by atoms with Crippen molar-refractivity contribution >= 4 is 5.96 Å².